The van der Waals surface area contributed by atoms with E-state index in [9.17, 15) is 57.5 Å². The Morgan fingerprint density at radius 2 is 0.247 bits per heavy atom. The Hall–Kier alpha value is -6.36. The highest BCUT2D eigenvalue weighted by atomic mass is 16.6. The number of likely N-dealkylation sites (tertiary alicyclic amines) is 6. The van der Waals surface area contributed by atoms with E-state index >= 15 is 0 Å². The summed E-state index contributed by atoms with van der Waals surface area (Å²) in [5.41, 5.74) is 0. The van der Waals surface area contributed by atoms with Crippen LogP contribution in [0.15, 0.2) is 0 Å². The van der Waals surface area contributed by atoms with Crippen LogP contribution in [0.2, 0.25) is 0 Å². The van der Waals surface area contributed by atoms with Gasteiger partial charge in [-0.3, -0.25) is 57.5 Å². The summed E-state index contributed by atoms with van der Waals surface area (Å²) in [7, 11) is 0. The normalized spacial score (nSPS) is 17.3. The minimum Gasteiger partial charge on any atom is -0.465 e. The Labute approximate surface area is 919 Å². The molecule has 0 N–H and O–H groups in total. The fourth-order valence-electron chi connectivity index (χ4n) is 20.4. The summed E-state index contributed by atoms with van der Waals surface area (Å²) in [5.74, 6) is -1.83. The van der Waals surface area contributed by atoms with Crippen molar-refractivity contribution >= 4 is 71.3 Å². The van der Waals surface area contributed by atoms with E-state index in [4.69, 9.17) is 28.4 Å². The lowest BCUT2D eigenvalue weighted by molar-refractivity contribution is -0.149. The third kappa shape index (κ3) is 76.3. The molecular formula is C126H234N6O18. The first-order chi connectivity index (χ1) is 73.1. The van der Waals surface area contributed by atoms with Crippen molar-refractivity contribution in [1.29, 1.82) is 0 Å². The third-order valence-corrected chi connectivity index (χ3v) is 30.4. The molecule has 0 aromatic carbocycles. The van der Waals surface area contributed by atoms with Gasteiger partial charge < -0.3 is 57.8 Å². The van der Waals surface area contributed by atoms with E-state index in [-0.39, 0.29) is 107 Å². The average molecular weight is 2120 g/mol. The van der Waals surface area contributed by atoms with E-state index in [0.29, 0.717) is 117 Å². The molecule has 6 atom stereocenters. The van der Waals surface area contributed by atoms with Crippen LogP contribution >= 0.6 is 0 Å². The second kappa shape index (κ2) is 102. The molecule has 24 heteroatoms. The highest BCUT2D eigenvalue weighted by Gasteiger charge is 2.41. The van der Waals surface area contributed by atoms with Crippen molar-refractivity contribution < 1.29 is 86.0 Å². The van der Waals surface area contributed by atoms with Crippen LogP contribution in [0.25, 0.3) is 0 Å². The summed E-state index contributed by atoms with van der Waals surface area (Å²) in [4.78, 5) is 155. The fraction of sp³-hybridized carbons (Fsp3) is 0.905. The topological polar surface area (TPSA) is 280 Å². The molecule has 6 saturated heterocycles. The zero-order valence-electron chi connectivity index (χ0n) is 99.4. The van der Waals surface area contributed by atoms with Crippen LogP contribution in [0.3, 0.4) is 0 Å². The van der Waals surface area contributed by atoms with E-state index in [1.165, 1.54) is 308 Å². The van der Waals surface area contributed by atoms with Gasteiger partial charge in [0.05, 0.1) is 75.1 Å². The van der Waals surface area contributed by atoms with Gasteiger partial charge in [0.25, 0.3) is 0 Å². The van der Waals surface area contributed by atoms with Crippen molar-refractivity contribution in [3.05, 3.63) is 0 Å². The van der Waals surface area contributed by atoms with Crippen molar-refractivity contribution in [1.82, 2.24) is 29.4 Å². The fourth-order valence-corrected chi connectivity index (χ4v) is 20.4. The van der Waals surface area contributed by atoms with Crippen molar-refractivity contribution in [3.8, 4) is 0 Å². The predicted octanol–water partition coefficient (Wildman–Crippen LogP) is 30.6. The molecule has 6 unspecified atom stereocenters. The van der Waals surface area contributed by atoms with Gasteiger partial charge in [-0.15, -0.1) is 0 Å². The van der Waals surface area contributed by atoms with Crippen LogP contribution in [0.5, 0.6) is 0 Å². The Kier molecular flexibility index (Phi) is 96.2. The minimum absolute atomic E-state index is 0.115. The third-order valence-electron chi connectivity index (χ3n) is 30.4. The molecule has 6 fully saturated rings. The molecule has 0 bridgehead atoms. The molecule has 6 aliphatic heterocycles. The second-order valence-corrected chi connectivity index (χ2v) is 44.7. The first-order valence-corrected chi connectivity index (χ1v) is 63.8. The van der Waals surface area contributed by atoms with Crippen LogP contribution in [-0.4, -0.2) is 219 Å². The van der Waals surface area contributed by atoms with Crippen LogP contribution in [0.4, 0.5) is 0 Å². The molecule has 6 amide bonds. The summed E-state index contributed by atoms with van der Waals surface area (Å²) in [5, 5.41) is 0. The minimum atomic E-state index is -0.245. The van der Waals surface area contributed by atoms with Crippen LogP contribution in [0, 0.1) is 35.5 Å². The molecule has 0 spiro atoms. The molecule has 24 nitrogen and oxygen atoms in total. The lowest BCUT2D eigenvalue weighted by Crippen LogP contribution is -2.27. The maximum Gasteiger partial charge on any atom is 0.311 e. The van der Waals surface area contributed by atoms with Gasteiger partial charge in [-0.25, -0.2) is 0 Å². The summed E-state index contributed by atoms with van der Waals surface area (Å²) in [6, 6.07) is 0. The smallest absolute Gasteiger partial charge is 0.311 e. The molecule has 0 saturated carbocycles. The summed E-state index contributed by atoms with van der Waals surface area (Å²) >= 11 is 0. The Balaban J connectivity index is 0.000000902. The number of carbonyl (C=O) groups excluding carboxylic acids is 12. The Bertz CT molecular complexity index is 3310. The molecule has 150 heavy (non-hydrogen) atoms. The molecule has 876 valence electrons. The largest absolute Gasteiger partial charge is 0.465 e. The van der Waals surface area contributed by atoms with Gasteiger partial charge in [0, 0.05) is 117 Å². The lowest BCUT2D eigenvalue weighted by Gasteiger charge is -2.16. The van der Waals surface area contributed by atoms with Crippen LogP contribution < -0.4 is 0 Å². The van der Waals surface area contributed by atoms with Crippen molar-refractivity contribution in [2.24, 2.45) is 35.5 Å². The predicted molar refractivity (Wildman–Crippen MR) is 614 cm³/mol. The second-order valence-electron chi connectivity index (χ2n) is 44.7. The number of hydrogen-bond donors (Lipinski definition) is 0. The summed E-state index contributed by atoms with van der Waals surface area (Å²) in [6.45, 7) is 37.3. The number of amides is 6. The molecule has 6 rings (SSSR count). The van der Waals surface area contributed by atoms with Gasteiger partial charge in [0.1, 0.15) is 0 Å². The number of esters is 6. The Morgan fingerprint density at radius 3 is 0.353 bits per heavy atom. The lowest BCUT2D eigenvalue weighted by atomic mass is 10.0. The van der Waals surface area contributed by atoms with Gasteiger partial charge in [-0.05, 0) is 77.0 Å². The first kappa shape index (κ1) is 142. The SMILES string of the molecule is CCCCCCCCCCCCCCCCN1CC(C(=O)OCCCCC)CC1=O.CCCCCCCCCCCCN1CC(C(=O)OCCCCC)CC1=O.CCCCCCCCCCCN1CC(C(=O)OCCCCC)CC1=O.CCCCCCCCCCN1CC(C(=O)OCCCCC)CC1=O.CCCCCCCCCN1CC(C(=O)OCCCCC)CC1=O.CCCCCCCCN1CC(C(=O)OCCCCC)CC1=O. The van der Waals surface area contributed by atoms with Gasteiger partial charge in [0.15, 0.2) is 0 Å². The van der Waals surface area contributed by atoms with Crippen LogP contribution in [-0.2, 0) is 86.0 Å². The number of carbonyl (C=O) groups is 12. The zero-order chi connectivity index (χ0) is 110. The maximum absolute atomic E-state index is 12.1. The molecular weight excluding hydrogens is 1890 g/mol. The number of ether oxygens (including phenoxy) is 6. The van der Waals surface area contributed by atoms with E-state index in [0.717, 1.165) is 193 Å². The van der Waals surface area contributed by atoms with Crippen molar-refractivity contribution in [2.45, 2.75) is 584 Å². The average Bonchev–Trinajstić information content (AvgIpc) is 1.75. The number of rotatable bonds is 90. The van der Waals surface area contributed by atoms with Gasteiger partial charge in [-0.1, -0.05) is 468 Å². The summed E-state index contributed by atoms with van der Waals surface area (Å²) in [6.07, 6.45) is 90.2. The Morgan fingerprint density at radius 1 is 0.153 bits per heavy atom. The van der Waals surface area contributed by atoms with E-state index in [1.54, 1.807) is 0 Å². The summed E-state index contributed by atoms with van der Waals surface area (Å²) < 4.78 is 31.8. The van der Waals surface area contributed by atoms with Crippen molar-refractivity contribution in [3.63, 3.8) is 0 Å². The highest BCUT2D eigenvalue weighted by Crippen LogP contribution is 2.29. The van der Waals surface area contributed by atoms with Gasteiger partial charge in [-0.2, -0.15) is 0 Å². The zero-order valence-corrected chi connectivity index (χ0v) is 99.4. The van der Waals surface area contributed by atoms with Gasteiger partial charge >= 0.3 is 35.8 Å². The number of unbranched alkanes of at least 4 members (excludes halogenated alkanes) is 60. The first-order valence-electron chi connectivity index (χ1n) is 63.8. The molecule has 0 aromatic heterocycles. The van der Waals surface area contributed by atoms with E-state index in [1.807, 2.05) is 29.4 Å². The molecule has 0 aliphatic carbocycles. The molecule has 0 aromatic rings. The standard InChI is InChI=1S/C26H49NO3.C22H41NO3.C21H39NO3.C20H37NO3.C19H35NO3.C18H33NO3/c1-3-5-7-8-9-10-11-12-13-14-15-16-17-18-20-27-23-24(22-25(27)28)26(29)30-21-19-6-4-2;1-3-5-7-8-9-10-11-12-13-14-16-23-19-20(18-21(23)24)22(25)26-17-15-6-4-2;1-3-5-7-8-9-10-11-12-13-15-22-18-19(17-20(22)23)21(24)25-16-14-6-4-2;1-3-5-7-8-9-10-11-12-14-21-17-18(16-19(21)22)20(23)24-15-13-6-4-2;1-3-5-7-8-9-10-11-13-20-16-17(15-18(20)21)19(22)23-14-12-6-4-2;1-3-5-7-8-9-10-12-19-15-16(14-17(19)20)18(21)22-13-11-6-4-2/h24H,3-23H2,1-2H3;20H,3-19H2,1-2H3;19H,3-18H2,1-2H3;18H,3-17H2,1-2H3;17H,3-16H2,1-2H3;16H,3-15H2,1-2H3. The van der Waals surface area contributed by atoms with E-state index in [2.05, 4.69) is 83.1 Å². The highest BCUT2D eigenvalue weighted by molar-refractivity contribution is 5.90. The molecule has 6 heterocycles. The molecule has 0 radical (unpaired) electrons. The van der Waals surface area contributed by atoms with Crippen LogP contribution in [0.1, 0.15) is 584 Å². The van der Waals surface area contributed by atoms with Gasteiger partial charge in [0.2, 0.25) is 35.4 Å². The maximum atomic E-state index is 12.1. The van der Waals surface area contributed by atoms with Crippen molar-refractivity contribution in [2.75, 3.05) is 118 Å². The quantitative estimate of drug-likeness (QED) is 0.0311. The number of nitrogens with zero attached hydrogens (tertiary/aromatic N) is 6. The monoisotopic (exact) mass is 2120 g/mol. The molecule has 6 aliphatic rings. The number of hydrogen-bond acceptors (Lipinski definition) is 18. The van der Waals surface area contributed by atoms with E-state index < -0.39 is 0 Å².